The number of anilines is 2. The molecule has 0 saturated carbocycles. The van der Waals surface area contributed by atoms with Crippen molar-refractivity contribution in [2.75, 3.05) is 37.0 Å². The topological polar surface area (TPSA) is 88.2 Å². The lowest BCUT2D eigenvalue weighted by Crippen LogP contribution is -2.45. The van der Waals surface area contributed by atoms with Crippen molar-refractivity contribution in [3.05, 3.63) is 58.5 Å². The van der Waals surface area contributed by atoms with Crippen LogP contribution < -0.4 is 19.7 Å². The summed E-state index contributed by atoms with van der Waals surface area (Å²) in [4.78, 5) is 42.0. The smallest absolute Gasteiger partial charge is 0.294 e. The number of carbonyl (C=O) groups excluding carboxylic acids is 3. The average molecular weight is 550 g/mol. The van der Waals surface area contributed by atoms with E-state index in [0.29, 0.717) is 29.4 Å². The maximum absolute atomic E-state index is 13.2. The SMILES string of the molecule is CCCN1c2cc(OC)c(/C=C3/SC(=O)N(CC(=O)Nc4ccc(OCC)cc4)C3=O)cc2C(C)=CC1(C)C. The molecule has 4 rings (SSSR count). The molecule has 0 bridgehead atoms. The van der Waals surface area contributed by atoms with Gasteiger partial charge in [-0.1, -0.05) is 13.0 Å². The predicted octanol–water partition coefficient (Wildman–Crippen LogP) is 6.18. The van der Waals surface area contributed by atoms with Crippen molar-refractivity contribution in [3.63, 3.8) is 0 Å². The molecule has 1 saturated heterocycles. The summed E-state index contributed by atoms with van der Waals surface area (Å²) in [6.45, 7) is 11.6. The molecule has 0 aromatic heterocycles. The van der Waals surface area contributed by atoms with Crippen LogP contribution in [0.4, 0.5) is 16.2 Å². The fourth-order valence-electron chi connectivity index (χ4n) is 4.97. The van der Waals surface area contributed by atoms with Gasteiger partial charge in [-0.25, -0.2) is 0 Å². The summed E-state index contributed by atoms with van der Waals surface area (Å²) >= 11 is 0.820. The number of amides is 3. The van der Waals surface area contributed by atoms with Crippen molar-refractivity contribution in [2.45, 2.75) is 46.6 Å². The van der Waals surface area contributed by atoms with Crippen molar-refractivity contribution >= 4 is 51.8 Å². The molecule has 3 amide bonds. The minimum atomic E-state index is -0.507. The Morgan fingerprint density at radius 2 is 1.85 bits per heavy atom. The molecule has 2 aliphatic heterocycles. The van der Waals surface area contributed by atoms with Crippen LogP contribution in [0.5, 0.6) is 11.5 Å². The molecule has 0 atom stereocenters. The minimum Gasteiger partial charge on any atom is -0.496 e. The summed E-state index contributed by atoms with van der Waals surface area (Å²) < 4.78 is 11.1. The summed E-state index contributed by atoms with van der Waals surface area (Å²) in [6.07, 6.45) is 4.92. The van der Waals surface area contributed by atoms with E-state index < -0.39 is 17.1 Å². The third-order valence-corrected chi connectivity index (χ3v) is 7.59. The lowest BCUT2D eigenvalue weighted by molar-refractivity contribution is -0.127. The van der Waals surface area contributed by atoms with Crippen LogP contribution in [0.1, 0.15) is 52.2 Å². The molecule has 8 nitrogen and oxygen atoms in total. The molecule has 0 unspecified atom stereocenters. The molecule has 0 spiro atoms. The second kappa shape index (κ2) is 11.6. The molecule has 0 radical (unpaired) electrons. The Morgan fingerprint density at radius 1 is 1.13 bits per heavy atom. The number of fused-ring (bicyclic) bond motifs is 1. The highest BCUT2D eigenvalue weighted by atomic mass is 32.2. The predicted molar refractivity (Wildman–Crippen MR) is 157 cm³/mol. The van der Waals surface area contributed by atoms with Crippen LogP contribution >= 0.6 is 11.8 Å². The Bertz CT molecular complexity index is 1350. The Labute approximate surface area is 234 Å². The van der Waals surface area contributed by atoms with Gasteiger partial charge in [0, 0.05) is 35.1 Å². The number of nitrogens with zero attached hydrogens (tertiary/aromatic N) is 2. The second-order valence-corrected chi connectivity index (χ2v) is 11.0. The maximum atomic E-state index is 13.2. The van der Waals surface area contributed by atoms with Crippen LogP contribution in [0, 0.1) is 0 Å². The van der Waals surface area contributed by atoms with Crippen LogP contribution in [-0.4, -0.2) is 54.3 Å². The first kappa shape index (κ1) is 28.3. The Hall–Kier alpha value is -3.72. The summed E-state index contributed by atoms with van der Waals surface area (Å²) in [5.74, 6) is 0.332. The molecular weight excluding hydrogens is 514 g/mol. The van der Waals surface area contributed by atoms with Crippen molar-refractivity contribution in [1.29, 1.82) is 0 Å². The zero-order valence-corrected chi connectivity index (χ0v) is 24.1. The number of hydrogen-bond acceptors (Lipinski definition) is 7. The van der Waals surface area contributed by atoms with Crippen LogP contribution in [0.25, 0.3) is 11.6 Å². The van der Waals surface area contributed by atoms with Gasteiger partial charge in [0.15, 0.2) is 0 Å². The Kier molecular flexibility index (Phi) is 8.39. The Morgan fingerprint density at radius 3 is 2.49 bits per heavy atom. The summed E-state index contributed by atoms with van der Waals surface area (Å²) in [6, 6.07) is 10.9. The van der Waals surface area contributed by atoms with Crippen LogP contribution in [0.15, 0.2) is 47.4 Å². The van der Waals surface area contributed by atoms with Crippen molar-refractivity contribution < 1.29 is 23.9 Å². The first-order valence-electron chi connectivity index (χ1n) is 13.1. The minimum absolute atomic E-state index is 0.145. The van der Waals surface area contributed by atoms with E-state index in [1.807, 2.05) is 19.1 Å². The fourth-order valence-corrected chi connectivity index (χ4v) is 5.79. The zero-order chi connectivity index (χ0) is 28.3. The van der Waals surface area contributed by atoms with Gasteiger partial charge >= 0.3 is 0 Å². The van der Waals surface area contributed by atoms with Gasteiger partial charge in [-0.3, -0.25) is 19.3 Å². The van der Waals surface area contributed by atoms with Crippen LogP contribution in [-0.2, 0) is 9.59 Å². The van der Waals surface area contributed by atoms with Crippen LogP contribution in [0.3, 0.4) is 0 Å². The largest absolute Gasteiger partial charge is 0.496 e. The number of benzene rings is 2. The van der Waals surface area contributed by atoms with Gasteiger partial charge in [0.25, 0.3) is 11.1 Å². The number of nitrogens with one attached hydrogen (secondary N) is 1. The van der Waals surface area contributed by atoms with Crippen molar-refractivity contribution in [1.82, 2.24) is 4.90 Å². The van der Waals surface area contributed by atoms with Crippen molar-refractivity contribution in [2.24, 2.45) is 0 Å². The number of rotatable bonds is 9. The molecule has 2 heterocycles. The molecule has 1 fully saturated rings. The molecule has 206 valence electrons. The third kappa shape index (κ3) is 5.98. The van der Waals surface area contributed by atoms with E-state index in [9.17, 15) is 14.4 Å². The number of ether oxygens (including phenoxy) is 2. The van der Waals surface area contributed by atoms with E-state index >= 15 is 0 Å². The Balaban J connectivity index is 1.55. The lowest BCUT2D eigenvalue weighted by Gasteiger charge is -2.43. The van der Waals surface area contributed by atoms with E-state index in [1.54, 1.807) is 37.5 Å². The monoisotopic (exact) mass is 549 g/mol. The normalized spacial score (nSPS) is 17.3. The second-order valence-electron chi connectivity index (χ2n) is 10.0. The highest BCUT2D eigenvalue weighted by Gasteiger charge is 2.37. The van der Waals surface area contributed by atoms with E-state index in [0.717, 1.165) is 46.5 Å². The van der Waals surface area contributed by atoms with Gasteiger partial charge in [-0.15, -0.1) is 0 Å². The number of allylic oxidation sites excluding steroid dienone is 1. The molecule has 2 aromatic rings. The van der Waals surface area contributed by atoms with E-state index in [-0.39, 0.29) is 17.0 Å². The number of methoxy groups -OCH3 is 1. The fraction of sp³-hybridized carbons (Fsp3) is 0.367. The van der Waals surface area contributed by atoms with E-state index in [1.165, 1.54) is 0 Å². The third-order valence-electron chi connectivity index (χ3n) is 6.69. The highest BCUT2D eigenvalue weighted by Crippen LogP contribution is 2.43. The molecule has 2 aliphatic rings. The first-order chi connectivity index (χ1) is 18.6. The summed E-state index contributed by atoms with van der Waals surface area (Å²) in [5, 5.41) is 2.23. The van der Waals surface area contributed by atoms with E-state index in [4.69, 9.17) is 9.47 Å². The van der Waals surface area contributed by atoms with Gasteiger partial charge in [0.1, 0.15) is 18.0 Å². The van der Waals surface area contributed by atoms with Crippen molar-refractivity contribution in [3.8, 4) is 11.5 Å². The van der Waals surface area contributed by atoms with Gasteiger partial charge < -0.3 is 19.7 Å². The molecule has 2 aromatic carbocycles. The molecule has 0 aliphatic carbocycles. The number of thioether (sulfide) groups is 1. The average Bonchev–Trinajstić information content (AvgIpc) is 3.14. The summed E-state index contributed by atoms with van der Waals surface area (Å²) in [5.41, 5.74) is 4.38. The number of hydrogen-bond donors (Lipinski definition) is 1. The van der Waals surface area contributed by atoms with Gasteiger partial charge in [-0.2, -0.15) is 0 Å². The molecule has 1 N–H and O–H groups in total. The molecular formula is C30H35N3O5S. The van der Waals surface area contributed by atoms with Gasteiger partial charge in [-0.05, 0) is 87.9 Å². The standard InChI is InChI=1S/C30H35N3O5S/c1-7-13-33-24-16-25(37-6)20(14-23(24)19(3)17-30(33,4)5)15-26-28(35)32(29(36)39-26)18-27(34)31-21-9-11-22(12-10-21)38-8-2/h9-12,14-17H,7-8,13,18H2,1-6H3,(H,31,34)/b26-15+. The maximum Gasteiger partial charge on any atom is 0.294 e. The lowest BCUT2D eigenvalue weighted by atomic mass is 9.87. The first-order valence-corrected chi connectivity index (χ1v) is 13.9. The number of imide groups is 1. The summed E-state index contributed by atoms with van der Waals surface area (Å²) in [7, 11) is 1.59. The molecule has 9 heteroatoms. The highest BCUT2D eigenvalue weighted by molar-refractivity contribution is 8.18. The number of carbonyl (C=O) groups is 3. The molecule has 39 heavy (non-hydrogen) atoms. The quantitative estimate of drug-likeness (QED) is 0.374. The van der Waals surface area contributed by atoms with Gasteiger partial charge in [0.05, 0.1) is 24.2 Å². The van der Waals surface area contributed by atoms with Gasteiger partial charge in [0.2, 0.25) is 5.91 Å². The van der Waals surface area contributed by atoms with Crippen LogP contribution in [0.2, 0.25) is 0 Å². The zero-order valence-electron chi connectivity index (χ0n) is 23.3. The van der Waals surface area contributed by atoms with E-state index in [2.05, 4.69) is 44.0 Å².